The molecule has 2 heterocycles. The maximum atomic E-state index is 5.22. The van der Waals surface area contributed by atoms with Crippen LogP contribution in [0.3, 0.4) is 0 Å². The molecule has 0 radical (unpaired) electrons. The number of hydrogen-bond acceptors (Lipinski definition) is 3. The Morgan fingerprint density at radius 3 is 2.23 bits per heavy atom. The summed E-state index contributed by atoms with van der Waals surface area (Å²) >= 11 is 1.88. The molecule has 0 fully saturated rings. The molecule has 3 heteroatoms. The molecule has 9 rings (SSSR count). The van der Waals surface area contributed by atoms with Gasteiger partial charge in [-0.3, -0.25) is 4.98 Å². The number of allylic oxidation sites excluding steroid dienone is 1. The predicted molar refractivity (Wildman–Crippen MR) is 184 cm³/mol. The normalized spacial score (nSPS) is 12.8. The third kappa shape index (κ3) is 3.93. The Morgan fingerprint density at radius 2 is 1.33 bits per heavy atom. The zero-order chi connectivity index (χ0) is 28.3. The Balaban J connectivity index is 1.10. The van der Waals surface area contributed by atoms with Crippen LogP contribution in [0.4, 0.5) is 0 Å². The maximum Gasteiger partial charge on any atom is 0.0968 e. The number of fused-ring (bicyclic) bond motifs is 9. The lowest BCUT2D eigenvalue weighted by Gasteiger charge is -2.17. The minimum absolute atomic E-state index is 0.913. The second-order valence-electron chi connectivity index (χ2n) is 11.3. The van der Waals surface area contributed by atoms with Gasteiger partial charge in [-0.25, -0.2) is 4.98 Å². The first-order valence-corrected chi connectivity index (χ1v) is 15.6. The van der Waals surface area contributed by atoms with Crippen LogP contribution in [-0.4, -0.2) is 9.97 Å². The third-order valence-corrected chi connectivity index (χ3v) is 10.0. The highest BCUT2D eigenvalue weighted by molar-refractivity contribution is 7.26. The van der Waals surface area contributed by atoms with Gasteiger partial charge >= 0.3 is 0 Å². The van der Waals surface area contributed by atoms with Gasteiger partial charge in [-0.05, 0) is 63.7 Å². The van der Waals surface area contributed by atoms with E-state index in [0.717, 1.165) is 35.1 Å². The highest BCUT2D eigenvalue weighted by Crippen LogP contribution is 2.41. The average molecular weight is 567 g/mol. The lowest BCUT2D eigenvalue weighted by molar-refractivity contribution is 0.994. The van der Waals surface area contributed by atoms with Gasteiger partial charge in [-0.2, -0.15) is 0 Å². The van der Waals surface area contributed by atoms with Crippen LogP contribution < -0.4 is 0 Å². The molecule has 0 unspecified atom stereocenters. The van der Waals surface area contributed by atoms with E-state index in [1.54, 1.807) is 0 Å². The molecule has 202 valence electrons. The number of aromatic nitrogens is 2. The molecule has 0 saturated heterocycles. The summed E-state index contributed by atoms with van der Waals surface area (Å²) < 4.78 is 2.68. The molecular weight excluding hydrogens is 541 g/mol. The average Bonchev–Trinajstić information content (AvgIpc) is 3.47. The Kier molecular flexibility index (Phi) is 5.53. The third-order valence-electron chi connectivity index (χ3n) is 8.79. The summed E-state index contributed by atoms with van der Waals surface area (Å²) in [4.78, 5) is 10.2. The topological polar surface area (TPSA) is 25.8 Å². The summed E-state index contributed by atoms with van der Waals surface area (Å²) in [5.41, 5.74) is 11.6. The fourth-order valence-electron chi connectivity index (χ4n) is 6.70. The van der Waals surface area contributed by atoms with E-state index in [4.69, 9.17) is 9.97 Å². The first-order chi connectivity index (χ1) is 21.3. The van der Waals surface area contributed by atoms with Gasteiger partial charge in [-0.15, -0.1) is 11.3 Å². The predicted octanol–water partition coefficient (Wildman–Crippen LogP) is 11.1. The SMILES string of the molecule is C1=Cc2c(c3nc(-c4ccc(-c5cccc(-c6cccc7c6sc6ccccc67)c5)cc4)cnc3c3ccccc23)CC1. The maximum absolute atomic E-state index is 5.22. The van der Waals surface area contributed by atoms with E-state index >= 15 is 0 Å². The van der Waals surface area contributed by atoms with Gasteiger partial charge < -0.3 is 0 Å². The smallest absolute Gasteiger partial charge is 0.0968 e. The Labute approximate surface area is 253 Å². The van der Waals surface area contributed by atoms with Crippen LogP contribution in [0, 0.1) is 0 Å². The van der Waals surface area contributed by atoms with Gasteiger partial charge in [0.2, 0.25) is 0 Å². The summed E-state index contributed by atoms with van der Waals surface area (Å²) in [6.45, 7) is 0. The number of hydrogen-bond donors (Lipinski definition) is 0. The zero-order valence-electron chi connectivity index (χ0n) is 23.4. The molecule has 2 nitrogen and oxygen atoms in total. The molecule has 0 amide bonds. The summed E-state index contributed by atoms with van der Waals surface area (Å²) in [7, 11) is 0. The highest BCUT2D eigenvalue weighted by atomic mass is 32.1. The minimum atomic E-state index is 0.913. The van der Waals surface area contributed by atoms with Crippen molar-refractivity contribution in [2.45, 2.75) is 12.8 Å². The molecule has 43 heavy (non-hydrogen) atoms. The summed E-state index contributed by atoms with van der Waals surface area (Å²) in [6.07, 6.45) is 8.50. The van der Waals surface area contributed by atoms with Crippen LogP contribution in [0.15, 0.2) is 128 Å². The molecule has 1 aliphatic rings. The largest absolute Gasteiger partial charge is 0.252 e. The number of nitrogens with zero attached hydrogens (tertiary/aromatic N) is 2. The van der Waals surface area contributed by atoms with E-state index in [-0.39, 0.29) is 0 Å². The van der Waals surface area contributed by atoms with E-state index in [9.17, 15) is 0 Å². The fourth-order valence-corrected chi connectivity index (χ4v) is 7.94. The first-order valence-electron chi connectivity index (χ1n) is 14.8. The Morgan fingerprint density at radius 1 is 0.581 bits per heavy atom. The van der Waals surface area contributed by atoms with Gasteiger partial charge in [-0.1, -0.05) is 115 Å². The number of aryl methyl sites for hydroxylation is 1. The minimum Gasteiger partial charge on any atom is -0.252 e. The van der Waals surface area contributed by atoms with E-state index < -0.39 is 0 Å². The van der Waals surface area contributed by atoms with Crippen molar-refractivity contribution < 1.29 is 0 Å². The second kappa shape index (κ2) is 9.72. The van der Waals surface area contributed by atoms with Crippen LogP contribution in [-0.2, 0) is 6.42 Å². The van der Waals surface area contributed by atoms with Crippen molar-refractivity contribution in [3.05, 3.63) is 139 Å². The number of thiophene rings is 1. The van der Waals surface area contributed by atoms with Crippen molar-refractivity contribution in [1.82, 2.24) is 9.97 Å². The Hall–Kier alpha value is -5.12. The van der Waals surface area contributed by atoms with Crippen molar-refractivity contribution in [3.63, 3.8) is 0 Å². The van der Waals surface area contributed by atoms with Gasteiger partial charge in [0.1, 0.15) is 0 Å². The van der Waals surface area contributed by atoms with Crippen LogP contribution in [0.2, 0.25) is 0 Å². The van der Waals surface area contributed by atoms with Crippen molar-refractivity contribution in [2.24, 2.45) is 0 Å². The van der Waals surface area contributed by atoms with Crippen LogP contribution in [0.1, 0.15) is 17.5 Å². The molecule has 8 aromatic rings. The molecule has 0 saturated carbocycles. The van der Waals surface area contributed by atoms with E-state index in [1.165, 1.54) is 64.3 Å². The van der Waals surface area contributed by atoms with E-state index in [1.807, 2.05) is 17.5 Å². The lowest BCUT2D eigenvalue weighted by atomic mass is 9.90. The molecular formula is C40H26N2S. The lowest BCUT2D eigenvalue weighted by Crippen LogP contribution is -2.01. The van der Waals surface area contributed by atoms with Crippen LogP contribution in [0.5, 0.6) is 0 Å². The van der Waals surface area contributed by atoms with Crippen molar-refractivity contribution in [1.29, 1.82) is 0 Å². The van der Waals surface area contributed by atoms with Gasteiger partial charge in [0.25, 0.3) is 0 Å². The molecule has 0 aliphatic heterocycles. The Bertz CT molecular complexity index is 2400. The summed E-state index contributed by atoms with van der Waals surface area (Å²) in [5.74, 6) is 0. The quantitative estimate of drug-likeness (QED) is 0.199. The molecule has 0 N–H and O–H groups in total. The molecule has 0 atom stereocenters. The van der Waals surface area contributed by atoms with Gasteiger partial charge in [0.05, 0.1) is 22.9 Å². The summed E-state index contributed by atoms with van der Waals surface area (Å²) in [5, 5.41) is 5.09. The standard InChI is InChI=1S/C40H26N2S/c1-3-14-33-30(11-1)31-12-2-4-15-34(31)39-38(33)41-24-36(42-39)26-21-19-25(20-22-26)27-9-7-10-28(23-27)29-16-8-17-35-32-13-5-6-18-37(32)43-40(29)35/h1-3,5-14,16-24H,4,15H2. The van der Waals surface area contributed by atoms with Crippen molar-refractivity contribution >= 4 is 59.4 Å². The second-order valence-corrected chi connectivity index (χ2v) is 12.3. The summed E-state index contributed by atoms with van der Waals surface area (Å²) in [6, 6.07) is 41.6. The molecule has 1 aliphatic carbocycles. The van der Waals surface area contributed by atoms with E-state index in [2.05, 4.69) is 127 Å². The zero-order valence-corrected chi connectivity index (χ0v) is 24.2. The highest BCUT2D eigenvalue weighted by Gasteiger charge is 2.17. The monoisotopic (exact) mass is 566 g/mol. The molecule has 0 bridgehead atoms. The van der Waals surface area contributed by atoms with Gasteiger partial charge in [0, 0.05) is 31.1 Å². The van der Waals surface area contributed by atoms with Crippen LogP contribution >= 0.6 is 11.3 Å². The number of rotatable bonds is 3. The molecule has 6 aromatic carbocycles. The van der Waals surface area contributed by atoms with Crippen LogP contribution in [0.25, 0.3) is 81.6 Å². The first kappa shape index (κ1) is 24.5. The van der Waals surface area contributed by atoms with Gasteiger partial charge in [0.15, 0.2) is 0 Å². The van der Waals surface area contributed by atoms with Crippen molar-refractivity contribution in [3.8, 4) is 33.5 Å². The van der Waals surface area contributed by atoms with E-state index in [0.29, 0.717) is 0 Å². The number of benzene rings is 6. The molecule has 2 aromatic heterocycles. The van der Waals surface area contributed by atoms with Crippen molar-refractivity contribution in [2.75, 3.05) is 0 Å². The molecule has 0 spiro atoms. The fraction of sp³-hybridized carbons (Fsp3) is 0.0500.